The van der Waals surface area contributed by atoms with Crippen LogP contribution in [0, 0.1) is 22.2 Å². The van der Waals surface area contributed by atoms with E-state index >= 15 is 0 Å². The largest absolute Gasteiger partial charge is 0.0620 e. The Labute approximate surface area is 95.8 Å². The molecule has 0 aromatic rings. The lowest BCUT2D eigenvalue weighted by Gasteiger charge is -2.60. The van der Waals surface area contributed by atoms with Crippen molar-refractivity contribution >= 4 is 0 Å². The van der Waals surface area contributed by atoms with Gasteiger partial charge in [-0.1, -0.05) is 47.5 Å². The topological polar surface area (TPSA) is 0 Å². The average Bonchev–Trinajstić information content (AvgIpc) is 2.08. The van der Waals surface area contributed by atoms with Crippen molar-refractivity contribution in [1.29, 1.82) is 0 Å². The molecule has 0 heteroatoms. The fourth-order valence-electron chi connectivity index (χ4n) is 4.42. The van der Waals surface area contributed by atoms with E-state index in [1.165, 1.54) is 38.5 Å². The predicted octanol–water partition coefficient (Wildman–Crippen LogP) is 5.03. The molecule has 88 valence electrons. The third kappa shape index (κ3) is 1.65. The molecule has 2 fully saturated rings. The second-order valence-corrected chi connectivity index (χ2v) is 7.60. The highest BCUT2D eigenvalue weighted by Gasteiger charge is 2.54. The minimum Gasteiger partial charge on any atom is -0.0620 e. The smallest absolute Gasteiger partial charge is 0.0267 e. The van der Waals surface area contributed by atoms with Crippen molar-refractivity contribution in [2.75, 3.05) is 0 Å². The highest BCUT2D eigenvalue weighted by molar-refractivity contribution is 5.04. The molecule has 15 heavy (non-hydrogen) atoms. The van der Waals surface area contributed by atoms with Crippen molar-refractivity contribution in [2.45, 2.75) is 73.1 Å². The van der Waals surface area contributed by atoms with Crippen LogP contribution < -0.4 is 0 Å². The lowest BCUT2D eigenvalue weighted by molar-refractivity contribution is -0.100. The predicted molar refractivity (Wildman–Crippen MR) is 66.9 cm³/mol. The summed E-state index contributed by atoms with van der Waals surface area (Å²) in [5, 5.41) is 0. The van der Waals surface area contributed by atoms with Crippen molar-refractivity contribution in [1.82, 2.24) is 0 Å². The average molecular weight is 208 g/mol. The van der Waals surface area contributed by atoms with Crippen molar-refractivity contribution in [3.05, 3.63) is 0 Å². The van der Waals surface area contributed by atoms with E-state index in [1.54, 1.807) is 0 Å². The Morgan fingerprint density at radius 2 is 1.40 bits per heavy atom. The van der Waals surface area contributed by atoms with E-state index in [0.29, 0.717) is 16.2 Å². The SMILES string of the molecule is CC1C[C@]2(C)CCCC[C@]2(C)CC1(C)C. The summed E-state index contributed by atoms with van der Waals surface area (Å²) in [4.78, 5) is 0. The van der Waals surface area contributed by atoms with Crippen LogP contribution in [0.2, 0.25) is 0 Å². The Bertz CT molecular complexity index is 253. The summed E-state index contributed by atoms with van der Waals surface area (Å²) >= 11 is 0. The first-order valence-corrected chi connectivity index (χ1v) is 6.79. The van der Waals surface area contributed by atoms with Crippen LogP contribution in [-0.4, -0.2) is 0 Å². The first kappa shape index (κ1) is 11.5. The van der Waals surface area contributed by atoms with Gasteiger partial charge >= 0.3 is 0 Å². The lowest BCUT2D eigenvalue weighted by atomic mass is 9.45. The fourth-order valence-corrected chi connectivity index (χ4v) is 4.42. The van der Waals surface area contributed by atoms with E-state index < -0.39 is 0 Å². The van der Waals surface area contributed by atoms with Crippen LogP contribution in [0.3, 0.4) is 0 Å². The molecule has 2 saturated carbocycles. The molecule has 2 rings (SSSR count). The molecule has 0 heterocycles. The van der Waals surface area contributed by atoms with Crippen LogP contribution in [0.4, 0.5) is 0 Å². The number of hydrogen-bond donors (Lipinski definition) is 0. The number of hydrogen-bond acceptors (Lipinski definition) is 0. The van der Waals surface area contributed by atoms with Crippen LogP contribution in [0.25, 0.3) is 0 Å². The molecule has 0 spiro atoms. The number of fused-ring (bicyclic) bond motifs is 1. The van der Waals surface area contributed by atoms with Crippen LogP contribution in [0.1, 0.15) is 73.1 Å². The molecular weight excluding hydrogens is 180 g/mol. The van der Waals surface area contributed by atoms with E-state index in [9.17, 15) is 0 Å². The Morgan fingerprint density at radius 3 is 2.00 bits per heavy atom. The zero-order chi connectivity index (χ0) is 11.3. The van der Waals surface area contributed by atoms with Gasteiger partial charge in [0, 0.05) is 0 Å². The summed E-state index contributed by atoms with van der Waals surface area (Å²) in [6.07, 6.45) is 8.79. The maximum Gasteiger partial charge on any atom is -0.0267 e. The molecule has 2 aliphatic carbocycles. The molecule has 0 aromatic heterocycles. The van der Waals surface area contributed by atoms with Gasteiger partial charge in [-0.3, -0.25) is 0 Å². The zero-order valence-electron chi connectivity index (χ0n) is 11.3. The molecule has 0 bridgehead atoms. The van der Waals surface area contributed by atoms with Crippen molar-refractivity contribution in [2.24, 2.45) is 22.2 Å². The van der Waals surface area contributed by atoms with Gasteiger partial charge in [-0.25, -0.2) is 0 Å². The summed E-state index contributed by atoms with van der Waals surface area (Å²) < 4.78 is 0. The standard InChI is InChI=1S/C15H28/c1-12-10-14(4)8-6-7-9-15(14,5)11-13(12,2)3/h12H,6-11H2,1-5H3/t12?,14-,15+/m0/s1. The Hall–Kier alpha value is 0. The molecule has 0 amide bonds. The molecule has 0 N–H and O–H groups in total. The van der Waals surface area contributed by atoms with Crippen molar-refractivity contribution in [3.8, 4) is 0 Å². The first-order chi connectivity index (χ1) is 6.79. The maximum atomic E-state index is 2.57. The van der Waals surface area contributed by atoms with E-state index in [1.807, 2.05) is 0 Å². The quantitative estimate of drug-likeness (QED) is 0.524. The lowest BCUT2D eigenvalue weighted by Crippen LogP contribution is -2.50. The van der Waals surface area contributed by atoms with Crippen LogP contribution >= 0.6 is 0 Å². The molecule has 0 radical (unpaired) electrons. The molecule has 0 aliphatic heterocycles. The molecule has 1 unspecified atom stereocenters. The first-order valence-electron chi connectivity index (χ1n) is 6.79. The summed E-state index contributed by atoms with van der Waals surface area (Å²) in [7, 11) is 0. The zero-order valence-corrected chi connectivity index (χ0v) is 11.3. The van der Waals surface area contributed by atoms with Crippen LogP contribution in [0.5, 0.6) is 0 Å². The van der Waals surface area contributed by atoms with Crippen LogP contribution in [-0.2, 0) is 0 Å². The van der Waals surface area contributed by atoms with E-state index in [4.69, 9.17) is 0 Å². The van der Waals surface area contributed by atoms with Gasteiger partial charge in [0.15, 0.2) is 0 Å². The fraction of sp³-hybridized carbons (Fsp3) is 1.00. The van der Waals surface area contributed by atoms with Crippen molar-refractivity contribution < 1.29 is 0 Å². The van der Waals surface area contributed by atoms with Gasteiger partial charge < -0.3 is 0 Å². The minimum absolute atomic E-state index is 0.561. The second-order valence-electron chi connectivity index (χ2n) is 7.60. The minimum atomic E-state index is 0.561. The monoisotopic (exact) mass is 208 g/mol. The van der Waals surface area contributed by atoms with Gasteiger partial charge in [0.1, 0.15) is 0 Å². The summed E-state index contributed by atoms with van der Waals surface area (Å²) in [5.74, 6) is 0.897. The Kier molecular flexibility index (Phi) is 2.48. The van der Waals surface area contributed by atoms with E-state index in [0.717, 1.165) is 5.92 Å². The second kappa shape index (κ2) is 3.25. The molecule has 0 saturated heterocycles. The molecule has 3 atom stereocenters. The van der Waals surface area contributed by atoms with Gasteiger partial charge in [0.25, 0.3) is 0 Å². The maximum absolute atomic E-state index is 2.57. The third-order valence-electron chi connectivity index (χ3n) is 6.10. The van der Waals surface area contributed by atoms with Gasteiger partial charge in [-0.05, 0) is 47.8 Å². The molecule has 0 aromatic carbocycles. The summed E-state index contributed by atoms with van der Waals surface area (Å²) in [6, 6.07) is 0. The Balaban J connectivity index is 2.29. The van der Waals surface area contributed by atoms with Gasteiger partial charge in [0.05, 0.1) is 0 Å². The van der Waals surface area contributed by atoms with E-state index in [-0.39, 0.29) is 0 Å². The van der Waals surface area contributed by atoms with Gasteiger partial charge in [0.2, 0.25) is 0 Å². The highest BCUT2D eigenvalue weighted by Crippen LogP contribution is 2.64. The molecular formula is C15H28. The Morgan fingerprint density at radius 1 is 0.867 bits per heavy atom. The summed E-state index contributed by atoms with van der Waals surface area (Å²) in [5.41, 5.74) is 1.83. The third-order valence-corrected chi connectivity index (χ3v) is 6.10. The van der Waals surface area contributed by atoms with Crippen molar-refractivity contribution in [3.63, 3.8) is 0 Å². The van der Waals surface area contributed by atoms with Gasteiger partial charge in [-0.15, -0.1) is 0 Å². The van der Waals surface area contributed by atoms with E-state index in [2.05, 4.69) is 34.6 Å². The van der Waals surface area contributed by atoms with Gasteiger partial charge in [-0.2, -0.15) is 0 Å². The summed E-state index contributed by atoms with van der Waals surface area (Å²) in [6.45, 7) is 12.6. The van der Waals surface area contributed by atoms with Crippen LogP contribution in [0.15, 0.2) is 0 Å². The molecule has 0 nitrogen and oxygen atoms in total. The normalized spacial score (nSPS) is 49.8. The highest BCUT2D eigenvalue weighted by atomic mass is 14.6. The molecule has 2 aliphatic rings. The number of rotatable bonds is 0.